The number of hydrogen-bond acceptors (Lipinski definition) is 4. The Hall–Kier alpha value is -3.34. The lowest BCUT2D eigenvalue weighted by Crippen LogP contribution is -2.13. The van der Waals surface area contributed by atoms with E-state index in [1.165, 1.54) is 13.4 Å². The van der Waals surface area contributed by atoms with Gasteiger partial charge in [-0.05, 0) is 55.0 Å². The number of amides is 1. The van der Waals surface area contributed by atoms with E-state index in [4.69, 9.17) is 4.74 Å². The van der Waals surface area contributed by atoms with Gasteiger partial charge in [0.15, 0.2) is 0 Å². The molecule has 2 aromatic carbocycles. The van der Waals surface area contributed by atoms with E-state index in [0.717, 1.165) is 11.1 Å². The van der Waals surface area contributed by atoms with Crippen molar-refractivity contribution in [1.82, 2.24) is 0 Å². The zero-order valence-corrected chi connectivity index (χ0v) is 13.9. The van der Waals surface area contributed by atoms with Crippen LogP contribution in [0, 0.1) is 6.92 Å². The summed E-state index contributed by atoms with van der Waals surface area (Å²) in [5, 5.41) is 2.80. The smallest absolute Gasteiger partial charge is 0.337 e. The molecule has 0 unspecified atom stereocenters. The van der Waals surface area contributed by atoms with Crippen molar-refractivity contribution in [2.24, 2.45) is 0 Å². The minimum absolute atomic E-state index is 0.265. The maximum atomic E-state index is 12.5. The zero-order valence-electron chi connectivity index (χ0n) is 13.9. The van der Waals surface area contributed by atoms with Gasteiger partial charge in [-0.2, -0.15) is 0 Å². The van der Waals surface area contributed by atoms with E-state index < -0.39 is 5.97 Å². The molecule has 0 bridgehead atoms. The molecule has 25 heavy (non-hydrogen) atoms. The third kappa shape index (κ3) is 3.77. The van der Waals surface area contributed by atoms with Crippen molar-refractivity contribution in [3.63, 3.8) is 0 Å². The summed E-state index contributed by atoms with van der Waals surface area (Å²) in [6, 6.07) is 12.3. The molecular weight excluding hydrogens is 318 g/mol. The first-order chi connectivity index (χ1) is 12.1. The number of carbonyl (C=O) groups is 2. The predicted octanol–water partition coefficient (Wildman–Crippen LogP) is 3.71. The molecule has 0 radical (unpaired) electrons. The van der Waals surface area contributed by atoms with Gasteiger partial charge in [-0.15, -0.1) is 0 Å². The quantitative estimate of drug-likeness (QED) is 0.869. The van der Waals surface area contributed by atoms with Crippen molar-refractivity contribution in [3.8, 4) is 5.75 Å². The van der Waals surface area contributed by atoms with Crippen LogP contribution in [0.5, 0.6) is 5.75 Å². The molecule has 3 rings (SSSR count). The van der Waals surface area contributed by atoms with Crippen LogP contribution in [-0.4, -0.2) is 19.0 Å². The number of carbonyl (C=O) groups excluding carboxylic acids is 2. The molecule has 0 saturated carbocycles. The minimum Gasteiger partial charge on any atom is -0.465 e. The first kappa shape index (κ1) is 16.5. The number of ether oxygens (including phenoxy) is 2. The molecule has 1 aliphatic rings. The number of methoxy groups -OCH3 is 1. The van der Waals surface area contributed by atoms with Crippen molar-refractivity contribution < 1.29 is 19.1 Å². The third-order valence-electron chi connectivity index (χ3n) is 3.75. The highest BCUT2D eigenvalue weighted by Crippen LogP contribution is 2.26. The van der Waals surface area contributed by atoms with Crippen LogP contribution in [-0.2, 0) is 9.53 Å². The summed E-state index contributed by atoms with van der Waals surface area (Å²) >= 11 is 0. The van der Waals surface area contributed by atoms with Gasteiger partial charge in [-0.1, -0.05) is 12.1 Å². The van der Waals surface area contributed by atoms with E-state index in [1.54, 1.807) is 36.4 Å². The van der Waals surface area contributed by atoms with Crippen molar-refractivity contribution in [2.75, 3.05) is 12.4 Å². The molecule has 0 aliphatic carbocycles. The molecule has 126 valence electrons. The van der Waals surface area contributed by atoms with E-state index in [9.17, 15) is 9.59 Å². The van der Waals surface area contributed by atoms with Gasteiger partial charge in [-0.3, -0.25) is 4.79 Å². The summed E-state index contributed by atoms with van der Waals surface area (Å²) in [7, 11) is 1.32. The number of hydrogen-bond donors (Lipinski definition) is 1. The standard InChI is InChI=1S/C20H17NO4/c1-13-3-4-15-12-16(9-10-25-18(15)11-13)19(22)21-17-7-5-14(6-8-17)20(23)24-2/h3-12H,1-2H3,(H,21,22). The Morgan fingerprint density at radius 2 is 1.84 bits per heavy atom. The van der Waals surface area contributed by atoms with Gasteiger partial charge in [0.25, 0.3) is 5.91 Å². The maximum Gasteiger partial charge on any atom is 0.337 e. The van der Waals surface area contributed by atoms with Crippen molar-refractivity contribution in [1.29, 1.82) is 0 Å². The van der Waals surface area contributed by atoms with Gasteiger partial charge in [0.1, 0.15) is 5.75 Å². The topological polar surface area (TPSA) is 64.6 Å². The number of aryl methyl sites for hydroxylation is 1. The normalized spacial score (nSPS) is 12.3. The van der Waals surface area contributed by atoms with Gasteiger partial charge in [0, 0.05) is 16.8 Å². The largest absolute Gasteiger partial charge is 0.465 e. The molecule has 0 fully saturated rings. The highest BCUT2D eigenvalue weighted by Gasteiger charge is 2.13. The van der Waals surface area contributed by atoms with Crippen molar-refractivity contribution in [2.45, 2.75) is 6.92 Å². The second kappa shape index (κ2) is 7.05. The number of benzene rings is 2. The van der Waals surface area contributed by atoms with E-state index in [2.05, 4.69) is 10.1 Å². The number of esters is 1. The molecule has 0 saturated heterocycles. The van der Waals surface area contributed by atoms with Crippen LogP contribution >= 0.6 is 0 Å². The summed E-state index contributed by atoms with van der Waals surface area (Å²) in [4.78, 5) is 23.9. The molecule has 1 heterocycles. The lowest BCUT2D eigenvalue weighted by atomic mass is 10.1. The van der Waals surface area contributed by atoms with Gasteiger partial charge in [0.05, 0.1) is 18.9 Å². The van der Waals surface area contributed by atoms with Gasteiger partial charge in [0.2, 0.25) is 0 Å². The van der Waals surface area contributed by atoms with Gasteiger partial charge in [-0.25, -0.2) is 4.79 Å². The van der Waals surface area contributed by atoms with Crippen LogP contribution in [0.25, 0.3) is 6.08 Å². The van der Waals surface area contributed by atoms with Crippen LogP contribution in [0.15, 0.2) is 60.4 Å². The molecule has 1 aliphatic heterocycles. The van der Waals surface area contributed by atoms with E-state index >= 15 is 0 Å². The highest BCUT2D eigenvalue weighted by atomic mass is 16.5. The van der Waals surface area contributed by atoms with E-state index in [0.29, 0.717) is 22.6 Å². The first-order valence-electron chi connectivity index (χ1n) is 7.72. The predicted molar refractivity (Wildman–Crippen MR) is 95.3 cm³/mol. The van der Waals surface area contributed by atoms with Gasteiger partial charge < -0.3 is 14.8 Å². The number of anilines is 1. The molecule has 1 N–H and O–H groups in total. The average Bonchev–Trinajstić information content (AvgIpc) is 2.83. The summed E-state index contributed by atoms with van der Waals surface area (Å²) in [6.45, 7) is 1.98. The number of nitrogens with one attached hydrogen (secondary N) is 1. The Morgan fingerprint density at radius 1 is 1.08 bits per heavy atom. The lowest BCUT2D eigenvalue weighted by molar-refractivity contribution is -0.112. The molecule has 5 heteroatoms. The summed E-state index contributed by atoms with van der Waals surface area (Å²) in [5.41, 5.74) is 3.40. The summed E-state index contributed by atoms with van der Waals surface area (Å²) in [6.07, 6.45) is 4.89. The fourth-order valence-corrected chi connectivity index (χ4v) is 2.41. The summed E-state index contributed by atoms with van der Waals surface area (Å²) in [5.74, 6) is 0.0249. The van der Waals surface area contributed by atoms with Crippen LogP contribution in [0.3, 0.4) is 0 Å². The highest BCUT2D eigenvalue weighted by molar-refractivity contribution is 6.09. The second-order valence-electron chi connectivity index (χ2n) is 5.58. The molecule has 1 amide bonds. The van der Waals surface area contributed by atoms with Crippen molar-refractivity contribution in [3.05, 3.63) is 77.1 Å². The van der Waals surface area contributed by atoms with Crippen molar-refractivity contribution >= 4 is 23.6 Å². The molecule has 2 aromatic rings. The van der Waals surface area contributed by atoms with Crippen LogP contribution in [0.2, 0.25) is 0 Å². The fraction of sp³-hybridized carbons (Fsp3) is 0.100. The molecular formula is C20H17NO4. The Balaban J connectivity index is 1.79. The monoisotopic (exact) mass is 335 g/mol. The first-order valence-corrected chi connectivity index (χ1v) is 7.72. The molecule has 5 nitrogen and oxygen atoms in total. The van der Waals surface area contributed by atoms with Crippen LogP contribution in [0.4, 0.5) is 5.69 Å². The fourth-order valence-electron chi connectivity index (χ4n) is 2.41. The average molecular weight is 335 g/mol. The molecule has 0 spiro atoms. The van der Waals surface area contributed by atoms with Crippen LogP contribution in [0.1, 0.15) is 21.5 Å². The molecule has 0 atom stereocenters. The van der Waals surface area contributed by atoms with Crippen LogP contribution < -0.4 is 10.1 Å². The zero-order chi connectivity index (χ0) is 17.8. The Kier molecular flexibility index (Phi) is 4.66. The molecule has 0 aromatic heterocycles. The number of rotatable bonds is 3. The maximum absolute atomic E-state index is 12.5. The van der Waals surface area contributed by atoms with E-state index in [1.807, 2.05) is 25.1 Å². The number of fused-ring (bicyclic) bond motifs is 1. The Labute approximate surface area is 145 Å². The summed E-state index contributed by atoms with van der Waals surface area (Å²) < 4.78 is 10.2. The van der Waals surface area contributed by atoms with E-state index in [-0.39, 0.29) is 5.91 Å². The Morgan fingerprint density at radius 3 is 2.56 bits per heavy atom. The minimum atomic E-state index is -0.420. The third-order valence-corrected chi connectivity index (χ3v) is 3.75. The second-order valence-corrected chi connectivity index (χ2v) is 5.58. The Bertz CT molecular complexity index is 879. The SMILES string of the molecule is COC(=O)c1ccc(NC(=O)C2=Cc3ccc(C)cc3OC=C2)cc1. The lowest BCUT2D eigenvalue weighted by Gasteiger charge is -2.07. The van der Waals surface area contributed by atoms with Gasteiger partial charge >= 0.3 is 5.97 Å².